The van der Waals surface area contributed by atoms with Gasteiger partial charge in [-0.05, 0) is 31.0 Å². The lowest BCUT2D eigenvalue weighted by Gasteiger charge is -2.01. The first-order valence-corrected chi connectivity index (χ1v) is 4.94. The molecule has 2 N–H and O–H groups in total. The summed E-state index contributed by atoms with van der Waals surface area (Å²) in [4.78, 5) is 0. The Morgan fingerprint density at radius 1 is 1.20 bits per heavy atom. The van der Waals surface area contributed by atoms with E-state index < -0.39 is 0 Å². The van der Waals surface area contributed by atoms with Crippen LogP contribution in [0.1, 0.15) is 16.9 Å². The van der Waals surface area contributed by atoms with E-state index in [1.807, 2.05) is 12.1 Å². The van der Waals surface area contributed by atoms with Gasteiger partial charge in [-0.15, -0.1) is 0 Å². The number of nitrogens with zero attached hydrogens (tertiary/aromatic N) is 1. The highest BCUT2D eigenvalue weighted by Crippen LogP contribution is 2.21. The fourth-order valence-electron chi connectivity index (χ4n) is 1.45. The Morgan fingerprint density at radius 3 is 2.60 bits per heavy atom. The number of benzene rings is 1. The van der Waals surface area contributed by atoms with Crippen molar-refractivity contribution in [1.29, 1.82) is 0 Å². The molecule has 0 saturated heterocycles. The van der Waals surface area contributed by atoms with Crippen LogP contribution in [0, 0.1) is 13.8 Å². The second-order valence-electron chi connectivity index (χ2n) is 3.68. The minimum atomic E-state index is 0.387. The van der Waals surface area contributed by atoms with Crippen LogP contribution in [0.2, 0.25) is 0 Å². The molecule has 0 saturated carbocycles. The van der Waals surface area contributed by atoms with E-state index in [1.165, 1.54) is 11.1 Å². The van der Waals surface area contributed by atoms with Gasteiger partial charge < -0.3 is 10.3 Å². The summed E-state index contributed by atoms with van der Waals surface area (Å²) in [5, 5.41) is 3.97. The van der Waals surface area contributed by atoms with Crippen molar-refractivity contribution in [3.05, 3.63) is 41.2 Å². The Kier molecular flexibility index (Phi) is 2.56. The summed E-state index contributed by atoms with van der Waals surface area (Å²) in [7, 11) is 0. The lowest BCUT2D eigenvalue weighted by atomic mass is 10.0. The molecule has 1 heterocycles. The highest BCUT2D eigenvalue weighted by atomic mass is 16.5. The number of aromatic nitrogens is 1. The first kappa shape index (κ1) is 9.93. The van der Waals surface area contributed by atoms with Crippen LogP contribution in [0.25, 0.3) is 11.3 Å². The minimum absolute atomic E-state index is 0.387. The zero-order valence-electron chi connectivity index (χ0n) is 8.95. The number of nitrogens with two attached hydrogens (primary N) is 1. The molecule has 1 aromatic heterocycles. The second kappa shape index (κ2) is 3.87. The van der Waals surface area contributed by atoms with Gasteiger partial charge in [-0.25, -0.2) is 0 Å². The quantitative estimate of drug-likeness (QED) is 0.813. The van der Waals surface area contributed by atoms with Gasteiger partial charge in [0.05, 0.1) is 6.54 Å². The summed E-state index contributed by atoms with van der Waals surface area (Å²) in [5.74, 6) is 0.711. The molecule has 0 aliphatic carbocycles. The molecule has 0 bridgehead atoms. The van der Waals surface area contributed by atoms with E-state index in [4.69, 9.17) is 10.3 Å². The zero-order chi connectivity index (χ0) is 10.8. The fraction of sp³-hybridized carbons (Fsp3) is 0.250. The van der Waals surface area contributed by atoms with Crippen molar-refractivity contribution >= 4 is 0 Å². The van der Waals surface area contributed by atoms with Crippen LogP contribution in [-0.2, 0) is 6.54 Å². The monoisotopic (exact) mass is 202 g/mol. The third kappa shape index (κ3) is 1.92. The Hall–Kier alpha value is -1.61. The minimum Gasteiger partial charge on any atom is -0.359 e. The molecule has 3 nitrogen and oxygen atoms in total. The topological polar surface area (TPSA) is 52.0 Å². The largest absolute Gasteiger partial charge is 0.359 e. The Labute approximate surface area is 88.9 Å². The smallest absolute Gasteiger partial charge is 0.150 e. The molecule has 0 radical (unpaired) electrons. The summed E-state index contributed by atoms with van der Waals surface area (Å²) in [6, 6.07) is 8.11. The number of rotatable bonds is 2. The molecular formula is C12H14N2O. The summed E-state index contributed by atoms with van der Waals surface area (Å²) in [6.07, 6.45) is 0. The average molecular weight is 202 g/mol. The molecular weight excluding hydrogens is 188 g/mol. The van der Waals surface area contributed by atoms with Gasteiger partial charge in [-0.2, -0.15) is 0 Å². The van der Waals surface area contributed by atoms with Crippen LogP contribution in [0.5, 0.6) is 0 Å². The van der Waals surface area contributed by atoms with Gasteiger partial charge in [-0.3, -0.25) is 0 Å². The molecule has 0 atom stereocenters. The van der Waals surface area contributed by atoms with E-state index in [-0.39, 0.29) is 0 Å². The third-order valence-corrected chi connectivity index (χ3v) is 2.56. The van der Waals surface area contributed by atoms with Gasteiger partial charge in [0.2, 0.25) is 0 Å². The van der Waals surface area contributed by atoms with Crippen LogP contribution in [-0.4, -0.2) is 5.16 Å². The van der Waals surface area contributed by atoms with Crippen molar-refractivity contribution < 1.29 is 4.52 Å². The first-order valence-electron chi connectivity index (χ1n) is 4.94. The van der Waals surface area contributed by atoms with Crippen molar-refractivity contribution in [3.63, 3.8) is 0 Å². The lowest BCUT2D eigenvalue weighted by Crippen LogP contribution is -1.92. The molecule has 0 spiro atoms. The fourth-order valence-corrected chi connectivity index (χ4v) is 1.45. The van der Waals surface area contributed by atoms with Crippen molar-refractivity contribution in [2.24, 2.45) is 5.73 Å². The van der Waals surface area contributed by atoms with E-state index >= 15 is 0 Å². The predicted molar refractivity (Wildman–Crippen MR) is 59.3 cm³/mol. The highest BCUT2D eigenvalue weighted by Gasteiger charge is 2.05. The normalized spacial score (nSPS) is 10.6. The SMILES string of the molecule is Cc1ccc(-c2cc(CN)on2)cc1C. The summed E-state index contributed by atoms with van der Waals surface area (Å²) in [6.45, 7) is 4.56. The van der Waals surface area contributed by atoms with Crippen molar-refractivity contribution in [3.8, 4) is 11.3 Å². The molecule has 2 aromatic rings. The summed E-state index contributed by atoms with van der Waals surface area (Å²) < 4.78 is 5.06. The third-order valence-electron chi connectivity index (χ3n) is 2.56. The number of hydrogen-bond acceptors (Lipinski definition) is 3. The van der Waals surface area contributed by atoms with Gasteiger partial charge >= 0.3 is 0 Å². The zero-order valence-corrected chi connectivity index (χ0v) is 8.95. The highest BCUT2D eigenvalue weighted by molar-refractivity contribution is 5.60. The number of aryl methyl sites for hydroxylation is 2. The predicted octanol–water partition coefficient (Wildman–Crippen LogP) is 2.42. The van der Waals surface area contributed by atoms with Crippen molar-refractivity contribution in [2.45, 2.75) is 20.4 Å². The maximum Gasteiger partial charge on any atom is 0.150 e. The van der Waals surface area contributed by atoms with Crippen molar-refractivity contribution in [2.75, 3.05) is 0 Å². The molecule has 0 unspecified atom stereocenters. The van der Waals surface area contributed by atoms with E-state index in [0.29, 0.717) is 12.3 Å². The summed E-state index contributed by atoms with van der Waals surface area (Å²) in [5.41, 5.74) is 9.91. The standard InChI is InChI=1S/C12H14N2O/c1-8-3-4-10(5-9(8)2)12-6-11(7-13)15-14-12/h3-6H,7,13H2,1-2H3. The molecule has 1 aromatic carbocycles. The Morgan fingerprint density at radius 2 is 2.00 bits per heavy atom. The Balaban J connectivity index is 2.40. The molecule has 0 aliphatic heterocycles. The molecule has 2 rings (SSSR count). The van der Waals surface area contributed by atoms with Gasteiger partial charge in [0.1, 0.15) is 5.69 Å². The maximum atomic E-state index is 5.46. The van der Waals surface area contributed by atoms with Gasteiger partial charge in [0.15, 0.2) is 5.76 Å². The van der Waals surface area contributed by atoms with Crippen LogP contribution < -0.4 is 5.73 Å². The van der Waals surface area contributed by atoms with Gasteiger partial charge in [-0.1, -0.05) is 17.3 Å². The van der Waals surface area contributed by atoms with E-state index in [9.17, 15) is 0 Å². The van der Waals surface area contributed by atoms with Gasteiger partial charge in [0, 0.05) is 11.6 Å². The molecule has 78 valence electrons. The lowest BCUT2D eigenvalue weighted by molar-refractivity contribution is 0.387. The maximum absolute atomic E-state index is 5.46. The number of hydrogen-bond donors (Lipinski definition) is 1. The first-order chi connectivity index (χ1) is 7.20. The van der Waals surface area contributed by atoms with Crippen molar-refractivity contribution in [1.82, 2.24) is 5.16 Å². The van der Waals surface area contributed by atoms with Crippen LogP contribution >= 0.6 is 0 Å². The average Bonchev–Trinajstić information content (AvgIpc) is 2.70. The Bertz CT molecular complexity index is 474. The van der Waals surface area contributed by atoms with Gasteiger partial charge in [0.25, 0.3) is 0 Å². The molecule has 0 aliphatic rings. The second-order valence-corrected chi connectivity index (χ2v) is 3.68. The molecule has 15 heavy (non-hydrogen) atoms. The molecule has 0 fully saturated rings. The van der Waals surface area contributed by atoms with E-state index in [1.54, 1.807) is 0 Å². The summed E-state index contributed by atoms with van der Waals surface area (Å²) >= 11 is 0. The van der Waals surface area contributed by atoms with E-state index in [0.717, 1.165) is 11.3 Å². The van der Waals surface area contributed by atoms with Crippen LogP contribution in [0.3, 0.4) is 0 Å². The van der Waals surface area contributed by atoms with E-state index in [2.05, 4.69) is 31.1 Å². The molecule has 0 amide bonds. The van der Waals surface area contributed by atoms with Crippen LogP contribution in [0.4, 0.5) is 0 Å². The van der Waals surface area contributed by atoms with Crippen LogP contribution in [0.15, 0.2) is 28.8 Å². The molecule has 3 heteroatoms.